The number of allylic oxidation sites excluding steroid dienone is 1. The molecule has 0 bridgehead atoms. The number of halogens is 1. The Kier molecular flexibility index (Phi) is 8.05. The van der Waals surface area contributed by atoms with Crippen molar-refractivity contribution >= 4 is 0 Å². The van der Waals surface area contributed by atoms with Crippen molar-refractivity contribution in [2.45, 2.75) is 89.4 Å². The van der Waals surface area contributed by atoms with Gasteiger partial charge in [0, 0.05) is 0 Å². The molecule has 0 amide bonds. The Bertz CT molecular complexity index is 894. The van der Waals surface area contributed by atoms with Crippen LogP contribution in [-0.4, -0.2) is 6.61 Å². The van der Waals surface area contributed by atoms with Gasteiger partial charge in [-0.3, -0.25) is 0 Å². The van der Waals surface area contributed by atoms with Crippen LogP contribution in [-0.2, 0) is 12.8 Å². The van der Waals surface area contributed by atoms with E-state index in [9.17, 15) is 0 Å². The van der Waals surface area contributed by atoms with Crippen molar-refractivity contribution in [3.05, 3.63) is 77.1 Å². The number of hydrogen-bond donors (Lipinski definition) is 0. The molecule has 1 saturated carbocycles. The minimum Gasteiger partial charge on any atom is -0.494 e. The lowest BCUT2D eigenvalue weighted by Crippen LogP contribution is -2.16. The summed E-state index contributed by atoms with van der Waals surface area (Å²) in [5.74, 6) is 2.67. The summed E-state index contributed by atoms with van der Waals surface area (Å²) in [4.78, 5) is 0. The number of unbranched alkanes of at least 4 members (excludes halogenated alkanes) is 1. The minimum atomic E-state index is 0.00815. The molecule has 2 aliphatic carbocycles. The van der Waals surface area contributed by atoms with E-state index in [1.165, 1.54) is 55.2 Å². The van der Waals surface area contributed by atoms with Gasteiger partial charge >= 0.3 is 0 Å². The number of ether oxygens (including phenoxy) is 1. The summed E-state index contributed by atoms with van der Waals surface area (Å²) in [5, 5.41) is 0. The van der Waals surface area contributed by atoms with Crippen LogP contribution in [0.1, 0.15) is 98.8 Å². The molecule has 172 valence electrons. The number of rotatable bonds is 9. The van der Waals surface area contributed by atoms with Gasteiger partial charge in [0.1, 0.15) is 11.6 Å². The third-order valence-electron chi connectivity index (χ3n) is 7.71. The van der Waals surface area contributed by atoms with E-state index in [0.29, 0.717) is 5.92 Å². The van der Waals surface area contributed by atoms with Crippen LogP contribution in [0.5, 0.6) is 5.75 Å². The van der Waals surface area contributed by atoms with Gasteiger partial charge in [0.2, 0.25) is 0 Å². The summed E-state index contributed by atoms with van der Waals surface area (Å²) in [7, 11) is 0. The first-order chi connectivity index (χ1) is 15.7. The molecule has 0 radical (unpaired) electrons. The van der Waals surface area contributed by atoms with Crippen molar-refractivity contribution in [1.82, 2.24) is 0 Å². The van der Waals surface area contributed by atoms with Gasteiger partial charge in [-0.05, 0) is 116 Å². The molecule has 0 spiro atoms. The quantitative estimate of drug-likeness (QED) is 0.284. The van der Waals surface area contributed by atoms with Gasteiger partial charge in [0.05, 0.1) is 6.61 Å². The van der Waals surface area contributed by atoms with Crippen molar-refractivity contribution in [2.75, 3.05) is 6.61 Å². The van der Waals surface area contributed by atoms with Crippen LogP contribution in [0.2, 0.25) is 0 Å². The van der Waals surface area contributed by atoms with E-state index < -0.39 is 0 Å². The van der Waals surface area contributed by atoms with E-state index in [1.807, 2.05) is 12.1 Å². The fraction of sp³-hybridized carbons (Fsp3) is 0.533. The Hall–Kier alpha value is -2.09. The molecule has 1 atom stereocenters. The Morgan fingerprint density at radius 2 is 1.84 bits per heavy atom. The first-order valence-electron chi connectivity index (χ1n) is 12.8. The molecule has 2 aliphatic rings. The molecule has 0 heterocycles. The van der Waals surface area contributed by atoms with Gasteiger partial charge in [-0.1, -0.05) is 44.0 Å². The second-order valence-electron chi connectivity index (χ2n) is 9.94. The Balaban J connectivity index is 1.37. The summed E-state index contributed by atoms with van der Waals surface area (Å²) in [6.45, 7) is 6.76. The molecule has 0 saturated heterocycles. The number of benzene rings is 2. The van der Waals surface area contributed by atoms with Crippen LogP contribution < -0.4 is 4.74 Å². The van der Waals surface area contributed by atoms with Gasteiger partial charge in [-0.25, -0.2) is 4.39 Å². The molecule has 2 heteroatoms. The highest BCUT2D eigenvalue weighted by Crippen LogP contribution is 2.40. The molecule has 32 heavy (non-hydrogen) atoms. The first-order valence-corrected chi connectivity index (χ1v) is 12.8. The monoisotopic (exact) mass is 434 g/mol. The van der Waals surface area contributed by atoms with E-state index in [0.717, 1.165) is 55.9 Å². The molecule has 1 nitrogen and oxygen atoms in total. The van der Waals surface area contributed by atoms with Crippen LogP contribution >= 0.6 is 0 Å². The Labute approximate surface area is 194 Å². The average molecular weight is 435 g/mol. The standard InChI is InChI=1S/C30H39FO/c1-3-5-6-18-32-28-16-14-24-19-27(13-12-25(24)20-28)29-17-15-26(21-30(29)31)23-10-8-22(7-4-2)9-11-23/h3,14-17,20-23,27H,1,4-13,18-19H2,2H3. The lowest BCUT2D eigenvalue weighted by molar-refractivity contribution is 0.308. The van der Waals surface area contributed by atoms with Gasteiger partial charge in [-0.2, -0.15) is 0 Å². The summed E-state index contributed by atoms with van der Waals surface area (Å²) in [6.07, 6.45) is 14.5. The maximum Gasteiger partial charge on any atom is 0.126 e. The van der Waals surface area contributed by atoms with Gasteiger partial charge in [0.15, 0.2) is 0 Å². The highest BCUT2D eigenvalue weighted by atomic mass is 19.1. The molecule has 0 aromatic heterocycles. The zero-order valence-electron chi connectivity index (χ0n) is 19.8. The fourth-order valence-electron chi connectivity index (χ4n) is 5.83. The molecular weight excluding hydrogens is 395 g/mol. The smallest absolute Gasteiger partial charge is 0.126 e. The minimum absolute atomic E-state index is 0.00815. The zero-order valence-corrected chi connectivity index (χ0v) is 19.8. The topological polar surface area (TPSA) is 9.23 Å². The molecule has 2 aromatic carbocycles. The van der Waals surface area contributed by atoms with Crippen molar-refractivity contribution < 1.29 is 9.13 Å². The molecule has 2 aromatic rings. The third kappa shape index (κ3) is 5.63. The van der Waals surface area contributed by atoms with Crippen LogP contribution in [0.3, 0.4) is 0 Å². The number of fused-ring (bicyclic) bond motifs is 1. The van der Waals surface area contributed by atoms with Crippen molar-refractivity contribution in [1.29, 1.82) is 0 Å². The van der Waals surface area contributed by atoms with Crippen molar-refractivity contribution in [3.8, 4) is 5.75 Å². The second kappa shape index (κ2) is 11.2. The summed E-state index contributed by atoms with van der Waals surface area (Å²) >= 11 is 0. The SMILES string of the molecule is C=CCCCOc1ccc2c(c1)CCC(c1ccc(C3CCC(CCC)CC3)cc1F)C2. The Morgan fingerprint density at radius 1 is 1.00 bits per heavy atom. The summed E-state index contributed by atoms with van der Waals surface area (Å²) in [6, 6.07) is 12.6. The molecule has 0 N–H and O–H groups in total. The number of aryl methyl sites for hydroxylation is 1. The van der Waals surface area contributed by atoms with Crippen molar-refractivity contribution in [3.63, 3.8) is 0 Å². The zero-order chi connectivity index (χ0) is 22.3. The maximum atomic E-state index is 15.2. The molecule has 0 aliphatic heterocycles. The fourth-order valence-corrected chi connectivity index (χ4v) is 5.83. The van der Waals surface area contributed by atoms with Crippen LogP contribution in [0.4, 0.5) is 4.39 Å². The molecule has 1 fully saturated rings. The first kappa shape index (κ1) is 23.1. The van der Waals surface area contributed by atoms with E-state index in [-0.39, 0.29) is 11.7 Å². The normalized spacial score (nSPS) is 22.9. The van der Waals surface area contributed by atoms with Gasteiger partial charge in [0.25, 0.3) is 0 Å². The predicted molar refractivity (Wildman–Crippen MR) is 132 cm³/mol. The van der Waals surface area contributed by atoms with Gasteiger partial charge < -0.3 is 4.74 Å². The van der Waals surface area contributed by atoms with Crippen molar-refractivity contribution in [2.24, 2.45) is 5.92 Å². The highest BCUT2D eigenvalue weighted by Gasteiger charge is 2.26. The van der Waals surface area contributed by atoms with E-state index in [1.54, 1.807) is 0 Å². The Morgan fingerprint density at radius 3 is 2.59 bits per heavy atom. The maximum absolute atomic E-state index is 15.2. The second-order valence-corrected chi connectivity index (χ2v) is 9.94. The lowest BCUT2D eigenvalue weighted by atomic mass is 9.76. The van der Waals surface area contributed by atoms with Crippen LogP contribution in [0.25, 0.3) is 0 Å². The van der Waals surface area contributed by atoms with Crippen LogP contribution in [0, 0.1) is 11.7 Å². The van der Waals surface area contributed by atoms with E-state index >= 15 is 4.39 Å². The molecular formula is C30H39FO. The summed E-state index contributed by atoms with van der Waals surface area (Å²) in [5.41, 5.74) is 4.83. The number of hydrogen-bond acceptors (Lipinski definition) is 1. The van der Waals surface area contributed by atoms with E-state index in [4.69, 9.17) is 4.74 Å². The molecule has 1 unspecified atom stereocenters. The van der Waals surface area contributed by atoms with E-state index in [2.05, 4.69) is 43.8 Å². The predicted octanol–water partition coefficient (Wildman–Crippen LogP) is 8.52. The van der Waals surface area contributed by atoms with Crippen LogP contribution in [0.15, 0.2) is 49.1 Å². The summed E-state index contributed by atoms with van der Waals surface area (Å²) < 4.78 is 21.1. The third-order valence-corrected chi connectivity index (χ3v) is 7.71. The molecule has 4 rings (SSSR count). The lowest BCUT2D eigenvalue weighted by Gasteiger charge is -2.29. The van der Waals surface area contributed by atoms with Gasteiger partial charge in [-0.15, -0.1) is 6.58 Å². The highest BCUT2D eigenvalue weighted by molar-refractivity contribution is 5.40. The average Bonchev–Trinajstić information content (AvgIpc) is 2.82. The largest absolute Gasteiger partial charge is 0.494 e.